The molecule has 0 fully saturated rings. The Hall–Kier alpha value is -1.22. The SMILES string of the molecule is CCC(C)Oc1ccc(CNCC(C)(C)C)cc1OC. The zero-order chi connectivity index (χ0) is 15.2. The highest BCUT2D eigenvalue weighted by Crippen LogP contribution is 2.29. The van der Waals surface area contributed by atoms with Gasteiger partial charge in [-0.3, -0.25) is 0 Å². The molecule has 0 aliphatic carbocycles. The van der Waals surface area contributed by atoms with Crippen molar-refractivity contribution in [3.8, 4) is 11.5 Å². The molecule has 0 saturated heterocycles. The van der Waals surface area contributed by atoms with Crippen molar-refractivity contribution in [2.24, 2.45) is 5.41 Å². The van der Waals surface area contributed by atoms with E-state index in [2.05, 4.69) is 46.0 Å². The Labute approximate surface area is 123 Å². The molecule has 0 spiro atoms. The Bertz CT molecular complexity index is 410. The highest BCUT2D eigenvalue weighted by Gasteiger charge is 2.11. The van der Waals surface area contributed by atoms with Crippen LogP contribution in [-0.4, -0.2) is 19.8 Å². The first kappa shape index (κ1) is 16.8. The molecule has 1 aromatic carbocycles. The van der Waals surface area contributed by atoms with E-state index >= 15 is 0 Å². The molecule has 0 bridgehead atoms. The molecule has 0 radical (unpaired) electrons. The molecule has 1 rings (SSSR count). The fourth-order valence-electron chi connectivity index (χ4n) is 1.80. The summed E-state index contributed by atoms with van der Waals surface area (Å²) in [5.74, 6) is 1.63. The van der Waals surface area contributed by atoms with E-state index in [0.717, 1.165) is 31.0 Å². The Morgan fingerprint density at radius 2 is 1.90 bits per heavy atom. The number of benzene rings is 1. The highest BCUT2D eigenvalue weighted by molar-refractivity contribution is 5.43. The van der Waals surface area contributed by atoms with Crippen LogP contribution in [0, 0.1) is 5.41 Å². The largest absolute Gasteiger partial charge is 0.493 e. The van der Waals surface area contributed by atoms with Crippen LogP contribution in [0.1, 0.15) is 46.6 Å². The summed E-state index contributed by atoms with van der Waals surface area (Å²) >= 11 is 0. The monoisotopic (exact) mass is 279 g/mol. The lowest BCUT2D eigenvalue weighted by molar-refractivity contribution is 0.207. The van der Waals surface area contributed by atoms with E-state index in [4.69, 9.17) is 9.47 Å². The molecule has 0 heterocycles. The molecule has 1 atom stereocenters. The maximum absolute atomic E-state index is 5.85. The van der Waals surface area contributed by atoms with Crippen molar-refractivity contribution in [1.82, 2.24) is 5.32 Å². The first-order valence-corrected chi connectivity index (χ1v) is 7.40. The third kappa shape index (κ3) is 5.83. The molecule has 0 aromatic heterocycles. The van der Waals surface area contributed by atoms with Gasteiger partial charge in [-0.1, -0.05) is 33.8 Å². The van der Waals surface area contributed by atoms with E-state index in [0.29, 0.717) is 5.41 Å². The maximum atomic E-state index is 5.85. The Balaban J connectivity index is 2.67. The summed E-state index contributed by atoms with van der Waals surface area (Å²) in [7, 11) is 1.69. The summed E-state index contributed by atoms with van der Waals surface area (Å²) in [5.41, 5.74) is 1.51. The lowest BCUT2D eigenvalue weighted by Crippen LogP contribution is -2.26. The van der Waals surface area contributed by atoms with Crippen molar-refractivity contribution in [1.29, 1.82) is 0 Å². The van der Waals surface area contributed by atoms with Gasteiger partial charge in [0.25, 0.3) is 0 Å². The molecule has 1 aromatic rings. The number of methoxy groups -OCH3 is 1. The number of rotatable bonds is 7. The molecule has 1 N–H and O–H groups in total. The standard InChI is InChI=1S/C17H29NO2/c1-7-13(2)20-15-9-8-14(10-16(15)19-6)11-18-12-17(3,4)5/h8-10,13,18H,7,11-12H2,1-6H3. The zero-order valence-electron chi connectivity index (χ0n) is 13.7. The predicted molar refractivity (Wildman–Crippen MR) is 84.5 cm³/mol. The van der Waals surface area contributed by atoms with E-state index in [-0.39, 0.29) is 6.10 Å². The van der Waals surface area contributed by atoms with Crippen LogP contribution < -0.4 is 14.8 Å². The minimum absolute atomic E-state index is 0.203. The lowest BCUT2D eigenvalue weighted by atomic mass is 9.97. The molecular weight excluding hydrogens is 250 g/mol. The molecule has 0 aliphatic rings. The summed E-state index contributed by atoms with van der Waals surface area (Å²) in [6.45, 7) is 12.7. The van der Waals surface area contributed by atoms with Crippen LogP contribution in [0.25, 0.3) is 0 Å². The van der Waals surface area contributed by atoms with Crippen LogP contribution in [0.15, 0.2) is 18.2 Å². The van der Waals surface area contributed by atoms with Gasteiger partial charge in [0, 0.05) is 13.1 Å². The molecule has 0 saturated carbocycles. The van der Waals surface area contributed by atoms with Gasteiger partial charge in [-0.15, -0.1) is 0 Å². The van der Waals surface area contributed by atoms with Gasteiger partial charge in [0.2, 0.25) is 0 Å². The lowest BCUT2D eigenvalue weighted by Gasteiger charge is -2.19. The summed E-state index contributed by atoms with van der Waals surface area (Å²) in [5, 5.41) is 3.47. The van der Waals surface area contributed by atoms with E-state index in [1.807, 2.05) is 12.1 Å². The third-order valence-corrected chi connectivity index (χ3v) is 3.12. The van der Waals surface area contributed by atoms with Gasteiger partial charge >= 0.3 is 0 Å². The summed E-state index contributed by atoms with van der Waals surface area (Å²) < 4.78 is 11.3. The van der Waals surface area contributed by atoms with Gasteiger partial charge in [-0.05, 0) is 36.5 Å². The summed E-state index contributed by atoms with van der Waals surface area (Å²) in [6, 6.07) is 6.14. The van der Waals surface area contributed by atoms with Crippen molar-refractivity contribution >= 4 is 0 Å². The van der Waals surface area contributed by atoms with Crippen LogP contribution in [0.2, 0.25) is 0 Å². The zero-order valence-corrected chi connectivity index (χ0v) is 13.7. The topological polar surface area (TPSA) is 30.5 Å². The quantitative estimate of drug-likeness (QED) is 0.818. The number of hydrogen-bond acceptors (Lipinski definition) is 3. The van der Waals surface area contributed by atoms with Crippen molar-refractivity contribution in [3.63, 3.8) is 0 Å². The molecular formula is C17H29NO2. The first-order chi connectivity index (χ1) is 9.35. The molecule has 3 heteroatoms. The number of nitrogens with one attached hydrogen (secondary N) is 1. The van der Waals surface area contributed by atoms with Crippen LogP contribution in [0.3, 0.4) is 0 Å². The van der Waals surface area contributed by atoms with Crippen LogP contribution in [0.4, 0.5) is 0 Å². The molecule has 3 nitrogen and oxygen atoms in total. The smallest absolute Gasteiger partial charge is 0.161 e. The minimum atomic E-state index is 0.203. The van der Waals surface area contributed by atoms with Crippen molar-refractivity contribution < 1.29 is 9.47 Å². The molecule has 20 heavy (non-hydrogen) atoms. The van der Waals surface area contributed by atoms with Crippen molar-refractivity contribution in [2.75, 3.05) is 13.7 Å². The number of ether oxygens (including phenoxy) is 2. The minimum Gasteiger partial charge on any atom is -0.493 e. The van der Waals surface area contributed by atoms with Gasteiger partial charge in [-0.2, -0.15) is 0 Å². The molecule has 1 unspecified atom stereocenters. The fraction of sp³-hybridized carbons (Fsp3) is 0.647. The van der Waals surface area contributed by atoms with Crippen molar-refractivity contribution in [3.05, 3.63) is 23.8 Å². The summed E-state index contributed by atoms with van der Waals surface area (Å²) in [6.07, 6.45) is 1.19. The Morgan fingerprint density at radius 3 is 2.45 bits per heavy atom. The normalized spacial score (nSPS) is 13.1. The molecule has 0 aliphatic heterocycles. The second-order valence-corrected chi connectivity index (χ2v) is 6.49. The van der Waals surface area contributed by atoms with Crippen molar-refractivity contribution in [2.45, 2.75) is 53.7 Å². The average Bonchev–Trinajstić information content (AvgIpc) is 2.38. The van der Waals surface area contributed by atoms with Crippen LogP contribution in [-0.2, 0) is 6.54 Å². The second-order valence-electron chi connectivity index (χ2n) is 6.49. The van der Waals surface area contributed by atoms with Gasteiger partial charge in [-0.25, -0.2) is 0 Å². The summed E-state index contributed by atoms with van der Waals surface area (Å²) in [4.78, 5) is 0. The maximum Gasteiger partial charge on any atom is 0.161 e. The van der Waals surface area contributed by atoms with Gasteiger partial charge in [0.15, 0.2) is 11.5 Å². The van der Waals surface area contributed by atoms with E-state index in [1.165, 1.54) is 5.56 Å². The highest BCUT2D eigenvalue weighted by atomic mass is 16.5. The van der Waals surface area contributed by atoms with E-state index in [9.17, 15) is 0 Å². The Morgan fingerprint density at radius 1 is 1.20 bits per heavy atom. The van der Waals surface area contributed by atoms with Gasteiger partial charge in [0.05, 0.1) is 13.2 Å². The predicted octanol–water partition coefficient (Wildman–Crippen LogP) is 4.01. The molecule has 0 amide bonds. The van der Waals surface area contributed by atoms with Gasteiger partial charge in [0.1, 0.15) is 0 Å². The van der Waals surface area contributed by atoms with E-state index in [1.54, 1.807) is 7.11 Å². The van der Waals surface area contributed by atoms with E-state index < -0.39 is 0 Å². The molecule has 114 valence electrons. The van der Waals surface area contributed by atoms with Gasteiger partial charge < -0.3 is 14.8 Å². The third-order valence-electron chi connectivity index (χ3n) is 3.12. The first-order valence-electron chi connectivity index (χ1n) is 7.40. The fourth-order valence-corrected chi connectivity index (χ4v) is 1.80. The Kier molecular flexibility index (Phi) is 6.34. The van der Waals surface area contributed by atoms with Crippen LogP contribution >= 0.6 is 0 Å². The van der Waals surface area contributed by atoms with Crippen LogP contribution in [0.5, 0.6) is 11.5 Å². The number of hydrogen-bond donors (Lipinski definition) is 1. The average molecular weight is 279 g/mol. The second kappa shape index (κ2) is 7.53.